The molecule has 0 fully saturated rings. The summed E-state index contributed by atoms with van der Waals surface area (Å²) in [4.78, 5) is 5.20. The van der Waals surface area contributed by atoms with Crippen molar-refractivity contribution < 1.29 is 4.74 Å². The van der Waals surface area contributed by atoms with Crippen LogP contribution in [-0.2, 0) is 13.0 Å². The Bertz CT molecular complexity index is 546. The second-order valence-electron chi connectivity index (χ2n) is 4.37. The van der Waals surface area contributed by atoms with Gasteiger partial charge in [0, 0.05) is 23.7 Å². The van der Waals surface area contributed by atoms with Crippen LogP contribution < -0.4 is 15.8 Å². The number of anilines is 1. The molecule has 0 spiro atoms. The molecular formula is C13H16ClN3OS. The molecule has 1 aliphatic heterocycles. The lowest BCUT2D eigenvalue weighted by Gasteiger charge is -2.25. The highest BCUT2D eigenvalue weighted by molar-refractivity contribution is 7.15. The highest BCUT2D eigenvalue weighted by Crippen LogP contribution is 2.24. The molecule has 19 heavy (non-hydrogen) atoms. The van der Waals surface area contributed by atoms with Gasteiger partial charge in [-0.15, -0.1) is 23.7 Å². The fourth-order valence-electron chi connectivity index (χ4n) is 2.11. The molecule has 0 aliphatic carbocycles. The number of hydrogen-bond donors (Lipinski definition) is 2. The summed E-state index contributed by atoms with van der Waals surface area (Å²) in [5.41, 5.74) is 6.87. The Morgan fingerprint density at radius 2 is 2.26 bits per heavy atom. The number of benzene rings is 1. The van der Waals surface area contributed by atoms with Gasteiger partial charge >= 0.3 is 0 Å². The monoisotopic (exact) mass is 297 g/mol. The quantitative estimate of drug-likeness (QED) is 0.912. The number of nitrogens with two attached hydrogens (primary N) is 1. The summed E-state index contributed by atoms with van der Waals surface area (Å²) in [6.45, 7) is 1.51. The van der Waals surface area contributed by atoms with Gasteiger partial charge < -0.3 is 15.8 Å². The summed E-state index contributed by atoms with van der Waals surface area (Å²) in [7, 11) is 0. The number of halogens is 1. The molecule has 6 heteroatoms. The van der Waals surface area contributed by atoms with Crippen molar-refractivity contribution in [1.82, 2.24) is 10.3 Å². The fourth-order valence-corrected chi connectivity index (χ4v) is 2.74. The van der Waals surface area contributed by atoms with Crippen molar-refractivity contribution in [3.8, 4) is 5.75 Å². The fraction of sp³-hybridized carbons (Fsp3) is 0.308. The van der Waals surface area contributed by atoms with Crippen LogP contribution in [0.2, 0.25) is 0 Å². The van der Waals surface area contributed by atoms with Gasteiger partial charge in [-0.1, -0.05) is 18.2 Å². The predicted octanol–water partition coefficient (Wildman–Crippen LogP) is 2.24. The van der Waals surface area contributed by atoms with Crippen LogP contribution in [0.15, 0.2) is 30.5 Å². The minimum absolute atomic E-state index is 0. The van der Waals surface area contributed by atoms with Crippen molar-refractivity contribution in [2.75, 3.05) is 12.3 Å². The van der Waals surface area contributed by atoms with Crippen LogP contribution >= 0.6 is 23.7 Å². The molecular weight excluding hydrogens is 282 g/mol. The number of aromatic nitrogens is 1. The van der Waals surface area contributed by atoms with Crippen LogP contribution in [0.25, 0.3) is 0 Å². The number of ether oxygens (including phenoxy) is 1. The number of nitrogen functional groups attached to an aromatic ring is 1. The number of nitrogens with zero attached hydrogens (tertiary/aromatic N) is 1. The molecule has 3 N–H and O–H groups in total. The highest BCUT2D eigenvalue weighted by atomic mass is 35.5. The standard InChI is InChI=1S/C13H15N3OS.ClH/c14-13-16-7-11(18-13)6-15-10-5-9-3-1-2-4-12(9)17-8-10;/h1-4,7,10,15H,5-6,8H2,(H2,14,16);1H. The van der Waals surface area contributed by atoms with Crippen LogP contribution in [0.1, 0.15) is 10.4 Å². The third-order valence-corrected chi connectivity index (χ3v) is 3.84. The van der Waals surface area contributed by atoms with Crippen LogP contribution in [0, 0.1) is 0 Å². The Hall–Kier alpha value is -1.30. The van der Waals surface area contributed by atoms with E-state index in [0.717, 1.165) is 23.6 Å². The number of nitrogens with one attached hydrogen (secondary N) is 1. The highest BCUT2D eigenvalue weighted by Gasteiger charge is 2.18. The first-order valence-corrected chi connectivity index (χ1v) is 6.77. The van der Waals surface area contributed by atoms with Gasteiger partial charge in [0.05, 0.1) is 0 Å². The van der Waals surface area contributed by atoms with Gasteiger partial charge in [0.1, 0.15) is 12.4 Å². The molecule has 0 amide bonds. The van der Waals surface area contributed by atoms with Crippen LogP contribution in [-0.4, -0.2) is 17.6 Å². The smallest absolute Gasteiger partial charge is 0.180 e. The molecule has 1 unspecified atom stereocenters. The van der Waals surface area contributed by atoms with Crippen molar-refractivity contribution in [2.24, 2.45) is 0 Å². The number of hydrogen-bond acceptors (Lipinski definition) is 5. The minimum Gasteiger partial charge on any atom is -0.492 e. The molecule has 0 bridgehead atoms. The molecule has 1 aromatic heterocycles. The Labute approximate surface area is 122 Å². The third-order valence-electron chi connectivity index (χ3n) is 3.02. The lowest BCUT2D eigenvalue weighted by atomic mass is 10.0. The van der Waals surface area contributed by atoms with Gasteiger partial charge in [0.25, 0.3) is 0 Å². The van der Waals surface area contributed by atoms with Crippen molar-refractivity contribution in [2.45, 2.75) is 19.0 Å². The molecule has 4 nitrogen and oxygen atoms in total. The zero-order valence-corrected chi connectivity index (χ0v) is 12.0. The second kappa shape index (κ2) is 6.23. The molecule has 1 aromatic carbocycles. The van der Waals surface area contributed by atoms with Crippen LogP contribution in [0.5, 0.6) is 5.75 Å². The van der Waals surface area contributed by atoms with Crippen molar-refractivity contribution >= 4 is 28.9 Å². The molecule has 2 aromatic rings. The van der Waals surface area contributed by atoms with E-state index in [9.17, 15) is 0 Å². The van der Waals surface area contributed by atoms with Gasteiger partial charge in [0.2, 0.25) is 0 Å². The van der Waals surface area contributed by atoms with Crippen molar-refractivity contribution in [1.29, 1.82) is 0 Å². The average Bonchev–Trinajstić information content (AvgIpc) is 2.82. The Morgan fingerprint density at radius 3 is 3.05 bits per heavy atom. The summed E-state index contributed by atoms with van der Waals surface area (Å²) in [6.07, 6.45) is 2.83. The topological polar surface area (TPSA) is 60.2 Å². The van der Waals surface area contributed by atoms with Gasteiger partial charge in [-0.05, 0) is 18.1 Å². The van der Waals surface area contributed by atoms with Gasteiger partial charge in [0.15, 0.2) is 5.13 Å². The number of thiazole rings is 1. The minimum atomic E-state index is 0. The first-order valence-electron chi connectivity index (χ1n) is 5.95. The van der Waals surface area contributed by atoms with E-state index in [1.807, 2.05) is 18.3 Å². The van der Waals surface area contributed by atoms with E-state index in [0.29, 0.717) is 17.8 Å². The maximum atomic E-state index is 5.73. The first-order chi connectivity index (χ1) is 8.81. The maximum absolute atomic E-state index is 5.73. The Kier molecular flexibility index (Phi) is 4.63. The first kappa shape index (κ1) is 14.1. The van der Waals surface area contributed by atoms with Crippen molar-refractivity contribution in [3.05, 3.63) is 40.9 Å². The SMILES string of the molecule is Cl.Nc1ncc(CNC2COc3ccccc3C2)s1. The zero-order chi connectivity index (χ0) is 12.4. The summed E-state index contributed by atoms with van der Waals surface area (Å²) < 4.78 is 5.73. The molecule has 2 heterocycles. The molecule has 3 rings (SSSR count). The molecule has 0 saturated carbocycles. The van der Waals surface area contributed by atoms with E-state index in [-0.39, 0.29) is 12.4 Å². The summed E-state index contributed by atoms with van der Waals surface area (Å²) in [6, 6.07) is 8.55. The van der Waals surface area contributed by atoms with E-state index >= 15 is 0 Å². The lowest BCUT2D eigenvalue weighted by Crippen LogP contribution is -2.38. The van der Waals surface area contributed by atoms with E-state index in [4.69, 9.17) is 10.5 Å². The number of para-hydroxylation sites is 1. The molecule has 1 atom stereocenters. The summed E-state index contributed by atoms with van der Waals surface area (Å²) in [5, 5.41) is 4.10. The molecule has 1 aliphatic rings. The van der Waals surface area contributed by atoms with Gasteiger partial charge in [-0.3, -0.25) is 0 Å². The maximum Gasteiger partial charge on any atom is 0.180 e. The van der Waals surface area contributed by atoms with E-state index in [1.165, 1.54) is 16.9 Å². The summed E-state index contributed by atoms with van der Waals surface area (Å²) in [5.74, 6) is 1.01. The van der Waals surface area contributed by atoms with Crippen molar-refractivity contribution in [3.63, 3.8) is 0 Å². The third kappa shape index (κ3) is 3.37. The normalized spacial score (nSPS) is 17.2. The molecule has 102 valence electrons. The largest absolute Gasteiger partial charge is 0.492 e. The van der Waals surface area contributed by atoms with E-state index in [2.05, 4.69) is 22.4 Å². The Morgan fingerprint density at radius 1 is 1.42 bits per heavy atom. The number of rotatable bonds is 3. The summed E-state index contributed by atoms with van der Waals surface area (Å²) >= 11 is 1.53. The van der Waals surface area contributed by atoms with E-state index in [1.54, 1.807) is 0 Å². The van der Waals surface area contributed by atoms with Crippen LogP contribution in [0.4, 0.5) is 5.13 Å². The molecule has 0 radical (unpaired) electrons. The van der Waals surface area contributed by atoms with Gasteiger partial charge in [-0.2, -0.15) is 0 Å². The Balaban J connectivity index is 0.00000133. The van der Waals surface area contributed by atoms with Crippen LogP contribution in [0.3, 0.4) is 0 Å². The lowest BCUT2D eigenvalue weighted by molar-refractivity contribution is 0.238. The molecule has 0 saturated heterocycles. The second-order valence-corrected chi connectivity index (χ2v) is 5.51. The predicted molar refractivity (Wildman–Crippen MR) is 80.0 cm³/mol. The number of fused-ring (bicyclic) bond motifs is 1. The van der Waals surface area contributed by atoms with Gasteiger partial charge in [-0.25, -0.2) is 4.98 Å². The zero-order valence-electron chi connectivity index (χ0n) is 10.3. The average molecular weight is 298 g/mol. The van der Waals surface area contributed by atoms with E-state index < -0.39 is 0 Å².